The molecular weight excluding hydrogens is 238 g/mol. The Morgan fingerprint density at radius 1 is 1.21 bits per heavy atom. The highest BCUT2D eigenvalue weighted by molar-refractivity contribution is 5.77. The van der Waals surface area contributed by atoms with Crippen molar-refractivity contribution in [1.29, 1.82) is 0 Å². The van der Waals surface area contributed by atoms with Crippen LogP contribution in [0.5, 0.6) is 0 Å². The van der Waals surface area contributed by atoms with Gasteiger partial charge in [0.25, 0.3) is 0 Å². The van der Waals surface area contributed by atoms with Crippen LogP contribution < -0.4 is 5.32 Å². The average Bonchev–Trinajstić information content (AvgIpc) is 2.45. The van der Waals surface area contributed by atoms with Crippen LogP contribution in [0.2, 0.25) is 0 Å². The van der Waals surface area contributed by atoms with Gasteiger partial charge < -0.3 is 5.11 Å². The molecule has 1 saturated carbocycles. The largest absolute Gasteiger partial charge is 0.480 e. The molecule has 2 rings (SSSR count). The zero-order chi connectivity index (χ0) is 13.5. The zero-order valence-electron chi connectivity index (χ0n) is 11.1. The van der Waals surface area contributed by atoms with Gasteiger partial charge in [0.05, 0.1) is 0 Å². The molecule has 2 N–H and O–H groups in total. The highest BCUT2D eigenvalue weighted by atomic mass is 16.4. The third kappa shape index (κ3) is 4.52. The summed E-state index contributed by atoms with van der Waals surface area (Å²) in [4.78, 5) is 11.3. The Balaban J connectivity index is 1.96. The molecule has 102 valence electrons. The maximum atomic E-state index is 11.3. The first-order valence-corrected chi connectivity index (χ1v) is 6.98. The molecule has 0 spiro atoms. The average molecular weight is 259 g/mol. The van der Waals surface area contributed by atoms with Crippen LogP contribution in [0.3, 0.4) is 0 Å². The van der Waals surface area contributed by atoms with E-state index in [-0.39, 0.29) is 0 Å². The topological polar surface area (TPSA) is 49.3 Å². The van der Waals surface area contributed by atoms with Gasteiger partial charge in [-0.1, -0.05) is 61.7 Å². The molecule has 0 aromatic heterocycles. The molecule has 0 bridgehead atoms. The molecule has 1 aliphatic rings. The van der Waals surface area contributed by atoms with Crippen LogP contribution >= 0.6 is 0 Å². The molecule has 0 aliphatic heterocycles. The van der Waals surface area contributed by atoms with Crippen molar-refractivity contribution in [2.24, 2.45) is 0 Å². The second-order valence-corrected chi connectivity index (χ2v) is 5.09. The third-order valence-corrected chi connectivity index (χ3v) is 3.57. The van der Waals surface area contributed by atoms with Crippen LogP contribution in [0.25, 0.3) is 6.08 Å². The van der Waals surface area contributed by atoms with Gasteiger partial charge in [-0.25, -0.2) is 0 Å². The highest BCUT2D eigenvalue weighted by Crippen LogP contribution is 2.18. The van der Waals surface area contributed by atoms with E-state index in [4.69, 9.17) is 0 Å². The van der Waals surface area contributed by atoms with E-state index >= 15 is 0 Å². The summed E-state index contributed by atoms with van der Waals surface area (Å²) in [6, 6.07) is 9.53. The predicted octanol–water partition coefficient (Wildman–Crippen LogP) is 3.08. The SMILES string of the molecule is O=C(O)C(/C=C/c1ccccc1)NC1CCCCC1. The minimum atomic E-state index is -0.808. The van der Waals surface area contributed by atoms with Gasteiger partial charge in [0.1, 0.15) is 6.04 Å². The van der Waals surface area contributed by atoms with E-state index in [0.29, 0.717) is 6.04 Å². The molecule has 3 heteroatoms. The normalized spacial score (nSPS) is 18.5. The Hall–Kier alpha value is -1.61. The number of nitrogens with one attached hydrogen (secondary N) is 1. The minimum Gasteiger partial charge on any atom is -0.480 e. The first-order valence-electron chi connectivity index (χ1n) is 6.98. The van der Waals surface area contributed by atoms with Gasteiger partial charge in [0, 0.05) is 6.04 Å². The Bertz CT molecular complexity index is 422. The molecule has 0 saturated heterocycles. The molecule has 0 amide bonds. The van der Waals surface area contributed by atoms with Crippen LogP contribution in [0, 0.1) is 0 Å². The lowest BCUT2D eigenvalue weighted by Gasteiger charge is -2.25. The van der Waals surface area contributed by atoms with E-state index in [0.717, 1.165) is 18.4 Å². The maximum Gasteiger partial charge on any atom is 0.324 e. The van der Waals surface area contributed by atoms with E-state index in [9.17, 15) is 9.90 Å². The first kappa shape index (κ1) is 13.8. The van der Waals surface area contributed by atoms with Gasteiger partial charge in [0.15, 0.2) is 0 Å². The molecule has 1 fully saturated rings. The summed E-state index contributed by atoms with van der Waals surface area (Å²) in [6.45, 7) is 0. The summed E-state index contributed by atoms with van der Waals surface area (Å²) in [7, 11) is 0. The number of aliphatic carboxylic acids is 1. The summed E-state index contributed by atoms with van der Waals surface area (Å²) in [5, 5.41) is 12.5. The number of carboxylic acid groups (broad SMARTS) is 1. The molecule has 1 atom stereocenters. The third-order valence-electron chi connectivity index (χ3n) is 3.57. The molecule has 1 aromatic rings. The van der Waals surface area contributed by atoms with Crippen molar-refractivity contribution in [3.63, 3.8) is 0 Å². The first-order chi connectivity index (χ1) is 9.25. The lowest BCUT2D eigenvalue weighted by molar-refractivity contribution is -0.138. The molecule has 1 aliphatic carbocycles. The Morgan fingerprint density at radius 3 is 2.53 bits per heavy atom. The van der Waals surface area contributed by atoms with E-state index in [1.807, 2.05) is 36.4 Å². The van der Waals surface area contributed by atoms with Crippen LogP contribution in [0.1, 0.15) is 37.7 Å². The van der Waals surface area contributed by atoms with Gasteiger partial charge in [-0.15, -0.1) is 0 Å². The van der Waals surface area contributed by atoms with Crippen molar-refractivity contribution in [3.8, 4) is 0 Å². The fraction of sp³-hybridized carbons (Fsp3) is 0.438. The molecule has 1 aromatic carbocycles. The van der Waals surface area contributed by atoms with Crippen LogP contribution in [-0.4, -0.2) is 23.2 Å². The minimum absolute atomic E-state index is 0.343. The van der Waals surface area contributed by atoms with Crippen molar-refractivity contribution in [1.82, 2.24) is 5.32 Å². The van der Waals surface area contributed by atoms with Crippen molar-refractivity contribution in [3.05, 3.63) is 42.0 Å². The molecule has 19 heavy (non-hydrogen) atoms. The van der Waals surface area contributed by atoms with Gasteiger partial charge in [-0.3, -0.25) is 10.1 Å². The molecule has 0 radical (unpaired) electrons. The summed E-state index contributed by atoms with van der Waals surface area (Å²) in [5.74, 6) is -0.808. The molecule has 3 nitrogen and oxygen atoms in total. The molecular formula is C16H21NO2. The van der Waals surface area contributed by atoms with E-state index < -0.39 is 12.0 Å². The second-order valence-electron chi connectivity index (χ2n) is 5.09. The summed E-state index contributed by atoms with van der Waals surface area (Å²) in [6.07, 6.45) is 9.46. The Kier molecular flexibility index (Phi) is 5.16. The number of rotatable bonds is 5. The fourth-order valence-electron chi connectivity index (χ4n) is 2.50. The summed E-state index contributed by atoms with van der Waals surface area (Å²) in [5.41, 5.74) is 1.03. The van der Waals surface area contributed by atoms with Crippen molar-refractivity contribution >= 4 is 12.0 Å². The highest BCUT2D eigenvalue weighted by Gasteiger charge is 2.20. The number of carboxylic acids is 1. The Labute approximate surface area is 114 Å². The van der Waals surface area contributed by atoms with Crippen molar-refractivity contribution in [2.75, 3.05) is 0 Å². The smallest absolute Gasteiger partial charge is 0.324 e. The molecule has 0 heterocycles. The predicted molar refractivity (Wildman–Crippen MR) is 76.9 cm³/mol. The van der Waals surface area contributed by atoms with E-state index in [1.54, 1.807) is 6.08 Å². The van der Waals surface area contributed by atoms with Gasteiger partial charge in [-0.2, -0.15) is 0 Å². The fourth-order valence-corrected chi connectivity index (χ4v) is 2.50. The maximum absolute atomic E-state index is 11.3. The summed E-state index contributed by atoms with van der Waals surface area (Å²) >= 11 is 0. The lowest BCUT2D eigenvalue weighted by atomic mass is 9.95. The summed E-state index contributed by atoms with van der Waals surface area (Å²) < 4.78 is 0. The van der Waals surface area contributed by atoms with Crippen molar-refractivity contribution < 1.29 is 9.90 Å². The van der Waals surface area contributed by atoms with Crippen LogP contribution in [0.4, 0.5) is 0 Å². The monoisotopic (exact) mass is 259 g/mol. The van der Waals surface area contributed by atoms with Gasteiger partial charge in [-0.05, 0) is 18.4 Å². The Morgan fingerprint density at radius 2 is 1.89 bits per heavy atom. The standard InChI is InChI=1S/C16H21NO2/c18-16(19)15(17-14-9-5-2-6-10-14)12-11-13-7-3-1-4-8-13/h1,3-4,7-8,11-12,14-15,17H,2,5-6,9-10H2,(H,18,19)/b12-11+. The van der Waals surface area contributed by atoms with Crippen molar-refractivity contribution in [2.45, 2.75) is 44.2 Å². The van der Waals surface area contributed by atoms with Crippen LogP contribution in [-0.2, 0) is 4.79 Å². The molecule has 1 unspecified atom stereocenters. The number of hydrogen-bond acceptors (Lipinski definition) is 2. The number of hydrogen-bond donors (Lipinski definition) is 2. The van der Waals surface area contributed by atoms with Gasteiger partial charge in [0.2, 0.25) is 0 Å². The number of carbonyl (C=O) groups is 1. The zero-order valence-corrected chi connectivity index (χ0v) is 11.1. The van der Waals surface area contributed by atoms with E-state index in [1.165, 1.54) is 19.3 Å². The van der Waals surface area contributed by atoms with E-state index in [2.05, 4.69) is 5.32 Å². The quantitative estimate of drug-likeness (QED) is 0.854. The lowest BCUT2D eigenvalue weighted by Crippen LogP contribution is -2.42. The van der Waals surface area contributed by atoms with Crippen LogP contribution in [0.15, 0.2) is 36.4 Å². The second kappa shape index (κ2) is 7.10. The number of benzene rings is 1. The van der Waals surface area contributed by atoms with Gasteiger partial charge >= 0.3 is 5.97 Å².